The Morgan fingerprint density at radius 2 is 1.77 bits per heavy atom. The van der Waals surface area contributed by atoms with E-state index in [1.807, 2.05) is 73.7 Å². The number of benzene rings is 2. The summed E-state index contributed by atoms with van der Waals surface area (Å²) in [6.45, 7) is 2.09. The van der Waals surface area contributed by atoms with Gasteiger partial charge in [-0.2, -0.15) is 0 Å². The number of ether oxygens (including phenoxy) is 2. The Morgan fingerprint density at radius 1 is 1.02 bits per heavy atom. The zero-order valence-electron chi connectivity index (χ0n) is 22.4. The zero-order chi connectivity index (χ0) is 28.1. The van der Waals surface area contributed by atoms with Crippen molar-refractivity contribution < 1.29 is 29.0 Å². The molecule has 40 heavy (non-hydrogen) atoms. The van der Waals surface area contributed by atoms with E-state index in [2.05, 4.69) is 0 Å². The van der Waals surface area contributed by atoms with Crippen LogP contribution in [0.25, 0.3) is 0 Å². The van der Waals surface area contributed by atoms with Crippen molar-refractivity contribution in [2.75, 3.05) is 31.8 Å². The average molecular weight is 561 g/mol. The van der Waals surface area contributed by atoms with Gasteiger partial charge in [0.25, 0.3) is 5.91 Å². The number of aliphatic hydroxyl groups excluding tert-OH is 1. The van der Waals surface area contributed by atoms with E-state index in [9.17, 15) is 19.5 Å². The van der Waals surface area contributed by atoms with E-state index in [0.29, 0.717) is 24.4 Å². The Morgan fingerprint density at radius 3 is 2.48 bits per heavy atom. The van der Waals surface area contributed by atoms with Gasteiger partial charge in [0, 0.05) is 17.0 Å². The monoisotopic (exact) mass is 560 g/mol. The predicted octanol–water partition coefficient (Wildman–Crippen LogP) is 3.00. The maximum absolute atomic E-state index is 14.6. The fourth-order valence-electron chi connectivity index (χ4n) is 6.82. The SMILES string of the molecule is COc1ccc(N2CC=C[C@]34S[C@@]5(C)C=CCOC(=O)[C@H]5[C@H]3C(=O)N([C@@H](CO)Cc3ccccc3)C4C2=O)cc1. The van der Waals surface area contributed by atoms with Gasteiger partial charge in [0.1, 0.15) is 18.4 Å². The number of fused-ring (bicyclic) bond motifs is 2. The van der Waals surface area contributed by atoms with Gasteiger partial charge in [0.15, 0.2) is 0 Å². The molecule has 0 radical (unpaired) electrons. The summed E-state index contributed by atoms with van der Waals surface area (Å²) in [4.78, 5) is 45.8. The topological polar surface area (TPSA) is 96.4 Å². The zero-order valence-corrected chi connectivity index (χ0v) is 23.3. The van der Waals surface area contributed by atoms with Crippen LogP contribution >= 0.6 is 11.8 Å². The first kappa shape index (κ1) is 26.7. The fourth-order valence-corrected chi connectivity index (χ4v) is 8.96. The Hall–Kier alpha value is -3.56. The number of cyclic esters (lactones) is 1. The predicted molar refractivity (Wildman–Crippen MR) is 152 cm³/mol. The molecule has 2 fully saturated rings. The summed E-state index contributed by atoms with van der Waals surface area (Å²) in [7, 11) is 1.58. The molecule has 6 rings (SSSR count). The maximum atomic E-state index is 14.6. The molecule has 208 valence electrons. The smallest absolute Gasteiger partial charge is 0.311 e. The number of amides is 2. The van der Waals surface area contributed by atoms with E-state index in [0.717, 1.165) is 5.56 Å². The molecular formula is C31H32N2O6S. The molecule has 0 saturated carbocycles. The number of esters is 1. The molecule has 9 heteroatoms. The van der Waals surface area contributed by atoms with Crippen LogP contribution in [0.5, 0.6) is 5.75 Å². The molecule has 2 amide bonds. The molecule has 2 aromatic rings. The first-order chi connectivity index (χ1) is 19.3. The van der Waals surface area contributed by atoms with E-state index in [-0.39, 0.29) is 25.0 Å². The van der Waals surface area contributed by atoms with Crippen molar-refractivity contribution in [2.24, 2.45) is 11.8 Å². The summed E-state index contributed by atoms with van der Waals surface area (Å²) in [5.74, 6) is -1.90. The summed E-state index contributed by atoms with van der Waals surface area (Å²) in [5, 5.41) is 10.6. The molecule has 2 saturated heterocycles. The third-order valence-corrected chi connectivity index (χ3v) is 10.3. The molecule has 4 heterocycles. The van der Waals surface area contributed by atoms with E-state index in [1.54, 1.807) is 29.0 Å². The summed E-state index contributed by atoms with van der Waals surface area (Å²) < 4.78 is 9.07. The average Bonchev–Trinajstić information content (AvgIpc) is 3.23. The first-order valence-corrected chi connectivity index (χ1v) is 14.3. The molecule has 0 aromatic heterocycles. The number of carbonyl (C=O) groups excluding carboxylic acids is 3. The van der Waals surface area contributed by atoms with Crippen LogP contribution in [0.15, 0.2) is 78.9 Å². The van der Waals surface area contributed by atoms with Gasteiger partial charge in [-0.15, -0.1) is 11.8 Å². The molecule has 0 bridgehead atoms. The van der Waals surface area contributed by atoms with Crippen molar-refractivity contribution >= 4 is 35.2 Å². The maximum Gasteiger partial charge on any atom is 0.311 e. The van der Waals surface area contributed by atoms with Gasteiger partial charge < -0.3 is 24.4 Å². The Balaban J connectivity index is 1.48. The standard InChI is InChI=1S/C31H32N2O6S/c1-30-14-7-17-39-29(37)25(30)24-27(35)33(22(19-34)18-20-8-4-3-5-9-20)26-28(36)32(16-6-15-31(24,26)40-30)21-10-12-23(38-2)13-11-21/h3-15,22,24-26,34H,16-19H2,1-2H3/t22-,24+,25-,26?,30+,31+/m1/s1. The Bertz CT molecular complexity index is 1380. The molecule has 1 N–H and O–H groups in total. The molecule has 4 aliphatic rings. The van der Waals surface area contributed by atoms with Gasteiger partial charge in [-0.1, -0.05) is 48.6 Å². The van der Waals surface area contributed by atoms with Crippen molar-refractivity contribution in [3.8, 4) is 5.75 Å². The van der Waals surface area contributed by atoms with E-state index < -0.39 is 39.4 Å². The molecule has 8 nitrogen and oxygen atoms in total. The van der Waals surface area contributed by atoms with E-state index in [4.69, 9.17) is 9.47 Å². The number of anilines is 1. The lowest BCUT2D eigenvalue weighted by Crippen LogP contribution is -2.57. The first-order valence-electron chi connectivity index (χ1n) is 13.5. The number of hydrogen-bond donors (Lipinski definition) is 1. The van der Waals surface area contributed by atoms with E-state index >= 15 is 0 Å². The normalized spacial score (nSPS) is 31.7. The van der Waals surface area contributed by atoms with Gasteiger partial charge in [0.2, 0.25) is 5.91 Å². The summed E-state index contributed by atoms with van der Waals surface area (Å²) in [5.41, 5.74) is 1.62. The number of nitrogens with zero attached hydrogens (tertiary/aromatic N) is 2. The molecule has 2 aromatic carbocycles. The van der Waals surface area contributed by atoms with Gasteiger partial charge >= 0.3 is 5.97 Å². The molecular weight excluding hydrogens is 528 g/mol. The van der Waals surface area contributed by atoms with E-state index in [1.165, 1.54) is 11.8 Å². The Labute approximate surface area is 237 Å². The van der Waals surface area contributed by atoms with Gasteiger partial charge in [-0.3, -0.25) is 14.4 Å². The lowest BCUT2D eigenvalue weighted by molar-refractivity contribution is -0.153. The minimum absolute atomic E-state index is 0.153. The highest BCUT2D eigenvalue weighted by molar-refractivity contribution is 8.02. The molecule has 1 spiro atoms. The minimum atomic E-state index is -1.01. The molecule has 0 aliphatic carbocycles. The number of rotatable bonds is 6. The lowest BCUT2D eigenvalue weighted by Gasteiger charge is -2.39. The molecule has 6 atom stereocenters. The summed E-state index contributed by atoms with van der Waals surface area (Å²) in [6, 6.07) is 15.3. The highest BCUT2D eigenvalue weighted by Gasteiger charge is 2.74. The van der Waals surface area contributed by atoms with Gasteiger partial charge in [-0.05, 0) is 49.2 Å². The molecule has 4 aliphatic heterocycles. The van der Waals surface area contributed by atoms with Crippen molar-refractivity contribution in [3.63, 3.8) is 0 Å². The van der Waals surface area contributed by atoms with Crippen molar-refractivity contribution in [3.05, 3.63) is 84.5 Å². The number of hydrogen-bond acceptors (Lipinski definition) is 7. The second-order valence-corrected chi connectivity index (χ2v) is 12.6. The number of carbonyl (C=O) groups is 3. The number of aliphatic hydroxyl groups is 1. The third-order valence-electron chi connectivity index (χ3n) is 8.55. The number of methoxy groups -OCH3 is 1. The minimum Gasteiger partial charge on any atom is -0.497 e. The lowest BCUT2D eigenvalue weighted by atomic mass is 9.75. The largest absolute Gasteiger partial charge is 0.497 e. The quantitative estimate of drug-likeness (QED) is 0.429. The van der Waals surface area contributed by atoms with Gasteiger partial charge in [-0.25, -0.2) is 0 Å². The second kappa shape index (κ2) is 10.1. The van der Waals surface area contributed by atoms with Crippen LogP contribution in [0.2, 0.25) is 0 Å². The summed E-state index contributed by atoms with van der Waals surface area (Å²) in [6.07, 6.45) is 8.03. The fraction of sp³-hybridized carbons (Fsp3) is 0.387. The van der Waals surface area contributed by atoms with Crippen molar-refractivity contribution in [1.29, 1.82) is 0 Å². The van der Waals surface area contributed by atoms with Crippen LogP contribution in [-0.4, -0.2) is 76.2 Å². The van der Waals surface area contributed by atoms with Crippen LogP contribution in [0.4, 0.5) is 5.69 Å². The van der Waals surface area contributed by atoms with Gasteiger partial charge in [0.05, 0.1) is 36.3 Å². The Kier molecular flexibility index (Phi) is 6.74. The second-order valence-electron chi connectivity index (χ2n) is 10.9. The van der Waals surface area contributed by atoms with Crippen LogP contribution in [-0.2, 0) is 25.5 Å². The van der Waals surface area contributed by atoms with Crippen LogP contribution < -0.4 is 9.64 Å². The van der Waals surface area contributed by atoms with Crippen molar-refractivity contribution in [2.45, 2.75) is 34.9 Å². The third kappa shape index (κ3) is 4.06. The summed E-state index contributed by atoms with van der Waals surface area (Å²) >= 11 is 1.49. The highest BCUT2D eigenvalue weighted by atomic mass is 32.2. The highest BCUT2D eigenvalue weighted by Crippen LogP contribution is 2.65. The number of likely N-dealkylation sites (tertiary alicyclic amines) is 1. The molecule has 1 unspecified atom stereocenters. The number of thioether (sulfide) groups is 1. The van der Waals surface area contributed by atoms with Crippen LogP contribution in [0.3, 0.4) is 0 Å². The van der Waals surface area contributed by atoms with Crippen molar-refractivity contribution in [1.82, 2.24) is 4.90 Å². The van der Waals surface area contributed by atoms with Crippen LogP contribution in [0, 0.1) is 11.8 Å². The van der Waals surface area contributed by atoms with Crippen LogP contribution in [0.1, 0.15) is 12.5 Å².